The number of benzene rings is 1. The van der Waals surface area contributed by atoms with Crippen LogP contribution in [0.3, 0.4) is 0 Å². The molecule has 2 rings (SSSR count). The van der Waals surface area contributed by atoms with Gasteiger partial charge in [0.1, 0.15) is 16.6 Å². The molecule has 0 spiro atoms. The lowest BCUT2D eigenvalue weighted by molar-refractivity contribution is -0.137. The lowest BCUT2D eigenvalue weighted by Crippen LogP contribution is -2.40. The van der Waals surface area contributed by atoms with Crippen molar-refractivity contribution in [1.82, 2.24) is 10.2 Å². The number of nitrogens with zero attached hydrogens (tertiary/aromatic N) is 1. The highest BCUT2D eigenvalue weighted by Gasteiger charge is 2.33. The summed E-state index contributed by atoms with van der Waals surface area (Å²) in [5.41, 5.74) is 0.414. The maximum absolute atomic E-state index is 12.5. The van der Waals surface area contributed by atoms with Gasteiger partial charge in [-0.25, -0.2) is 0 Å². The first-order valence-corrected chi connectivity index (χ1v) is 9.92. The Balaban J connectivity index is 2.11. The van der Waals surface area contributed by atoms with Gasteiger partial charge >= 0.3 is 5.97 Å². The SMILES string of the molecule is O=C(O)CCNC(=O)CN1C(=O)/C(=C/c2cc(Br)cc(Br)c2O)SC1=S. The highest BCUT2D eigenvalue weighted by molar-refractivity contribution is 9.11. The Kier molecular flexibility index (Phi) is 7.21. The third kappa shape index (κ3) is 5.29. The number of carbonyl (C=O) groups excluding carboxylic acids is 2. The zero-order chi connectivity index (χ0) is 19.4. The van der Waals surface area contributed by atoms with Crippen LogP contribution in [0.2, 0.25) is 0 Å². The van der Waals surface area contributed by atoms with E-state index < -0.39 is 17.8 Å². The summed E-state index contributed by atoms with van der Waals surface area (Å²) < 4.78 is 1.39. The van der Waals surface area contributed by atoms with Gasteiger partial charge in [-0.15, -0.1) is 0 Å². The highest BCUT2D eigenvalue weighted by Crippen LogP contribution is 2.37. The predicted molar refractivity (Wildman–Crippen MR) is 109 cm³/mol. The number of aromatic hydroxyl groups is 1. The molecule has 0 radical (unpaired) electrons. The third-order valence-corrected chi connectivity index (χ3v) is 5.62. The second-order valence-corrected chi connectivity index (χ2v) is 8.53. The Bertz CT molecular complexity index is 828. The van der Waals surface area contributed by atoms with Crippen LogP contribution in [-0.4, -0.2) is 50.3 Å². The number of thiocarbonyl (C=S) groups is 1. The summed E-state index contributed by atoms with van der Waals surface area (Å²) in [5.74, 6) is -2.01. The molecule has 1 aromatic rings. The summed E-state index contributed by atoms with van der Waals surface area (Å²) in [5, 5.41) is 21.1. The predicted octanol–water partition coefficient (Wildman–Crippen LogP) is 2.71. The number of carboxylic acid groups (broad SMARTS) is 1. The van der Waals surface area contributed by atoms with Gasteiger partial charge in [-0.2, -0.15) is 0 Å². The molecule has 1 aliphatic rings. The number of phenols is 1. The van der Waals surface area contributed by atoms with Gasteiger partial charge in [0.2, 0.25) is 5.91 Å². The van der Waals surface area contributed by atoms with E-state index in [-0.39, 0.29) is 34.5 Å². The van der Waals surface area contributed by atoms with Crippen LogP contribution in [0.1, 0.15) is 12.0 Å². The molecule has 1 fully saturated rings. The van der Waals surface area contributed by atoms with Gasteiger partial charge in [-0.1, -0.05) is 39.9 Å². The fraction of sp³-hybridized carbons (Fsp3) is 0.200. The maximum atomic E-state index is 12.5. The molecule has 0 aromatic heterocycles. The zero-order valence-electron chi connectivity index (χ0n) is 13.0. The van der Waals surface area contributed by atoms with E-state index in [4.69, 9.17) is 17.3 Å². The number of phenolic OH excluding ortho intramolecular Hbond substituents is 1. The lowest BCUT2D eigenvalue weighted by Gasteiger charge is -2.13. The number of amides is 2. The van der Waals surface area contributed by atoms with Crippen LogP contribution in [0.5, 0.6) is 5.75 Å². The van der Waals surface area contributed by atoms with E-state index in [1.807, 2.05) is 0 Å². The molecule has 0 saturated carbocycles. The van der Waals surface area contributed by atoms with Crippen molar-refractivity contribution in [2.45, 2.75) is 6.42 Å². The zero-order valence-corrected chi connectivity index (χ0v) is 17.8. The number of hydrogen-bond acceptors (Lipinski definition) is 6. The molecule has 1 heterocycles. The molecular formula is C15H12Br2N2O5S2. The summed E-state index contributed by atoms with van der Waals surface area (Å²) in [7, 11) is 0. The van der Waals surface area contributed by atoms with Crippen LogP contribution in [-0.2, 0) is 14.4 Å². The molecule has 3 N–H and O–H groups in total. The average molecular weight is 524 g/mol. The minimum absolute atomic E-state index is 0.0233. The number of hydrogen-bond donors (Lipinski definition) is 3. The fourth-order valence-electron chi connectivity index (χ4n) is 1.98. The first kappa shape index (κ1) is 20.9. The van der Waals surface area contributed by atoms with Crippen molar-refractivity contribution >= 4 is 84.0 Å². The van der Waals surface area contributed by atoms with Gasteiger partial charge in [0.25, 0.3) is 5.91 Å². The number of halogens is 2. The Morgan fingerprint density at radius 3 is 2.69 bits per heavy atom. The van der Waals surface area contributed by atoms with Gasteiger partial charge in [0.15, 0.2) is 0 Å². The van der Waals surface area contributed by atoms with E-state index in [2.05, 4.69) is 37.2 Å². The molecular weight excluding hydrogens is 512 g/mol. The van der Waals surface area contributed by atoms with Gasteiger partial charge in [0.05, 0.1) is 15.8 Å². The minimum Gasteiger partial charge on any atom is -0.506 e. The Morgan fingerprint density at radius 2 is 2.04 bits per heavy atom. The highest BCUT2D eigenvalue weighted by atomic mass is 79.9. The van der Waals surface area contributed by atoms with E-state index in [1.54, 1.807) is 12.1 Å². The number of nitrogens with one attached hydrogen (secondary N) is 1. The molecule has 0 unspecified atom stereocenters. The summed E-state index contributed by atoms with van der Waals surface area (Å²) >= 11 is 12.7. The van der Waals surface area contributed by atoms with E-state index in [0.29, 0.717) is 14.5 Å². The number of carbonyl (C=O) groups is 3. The van der Waals surface area contributed by atoms with Crippen molar-refractivity contribution in [2.24, 2.45) is 0 Å². The topological polar surface area (TPSA) is 107 Å². The maximum Gasteiger partial charge on any atom is 0.305 e. The first-order chi connectivity index (χ1) is 12.2. The van der Waals surface area contributed by atoms with E-state index in [1.165, 1.54) is 6.08 Å². The van der Waals surface area contributed by atoms with Crippen LogP contribution in [0, 0.1) is 0 Å². The van der Waals surface area contributed by atoms with Crippen molar-refractivity contribution in [3.05, 3.63) is 31.5 Å². The largest absolute Gasteiger partial charge is 0.506 e. The van der Waals surface area contributed by atoms with Gasteiger partial charge in [-0.05, 0) is 34.1 Å². The average Bonchev–Trinajstić information content (AvgIpc) is 2.79. The fourth-order valence-corrected chi connectivity index (χ4v) is 4.49. The molecule has 2 amide bonds. The minimum atomic E-state index is -1.03. The van der Waals surface area contributed by atoms with Crippen molar-refractivity contribution in [2.75, 3.05) is 13.1 Å². The molecule has 0 atom stereocenters. The van der Waals surface area contributed by atoms with Crippen molar-refractivity contribution < 1.29 is 24.6 Å². The van der Waals surface area contributed by atoms with E-state index in [0.717, 1.165) is 16.7 Å². The molecule has 1 aromatic carbocycles. The van der Waals surface area contributed by atoms with Crippen molar-refractivity contribution in [3.8, 4) is 5.75 Å². The molecule has 1 saturated heterocycles. The Labute approximate surface area is 175 Å². The van der Waals surface area contributed by atoms with E-state index >= 15 is 0 Å². The molecule has 1 aliphatic heterocycles. The number of rotatable bonds is 6. The number of carboxylic acids is 1. The van der Waals surface area contributed by atoms with Gasteiger partial charge in [-0.3, -0.25) is 19.3 Å². The summed E-state index contributed by atoms with van der Waals surface area (Å²) in [4.78, 5) is 36.2. The molecule has 138 valence electrons. The van der Waals surface area contributed by atoms with Crippen LogP contribution in [0.15, 0.2) is 26.0 Å². The summed E-state index contributed by atoms with van der Waals surface area (Å²) in [6.07, 6.45) is 1.29. The van der Waals surface area contributed by atoms with Crippen molar-refractivity contribution in [1.29, 1.82) is 0 Å². The van der Waals surface area contributed by atoms with Crippen LogP contribution < -0.4 is 5.32 Å². The quantitative estimate of drug-likeness (QED) is 0.388. The van der Waals surface area contributed by atoms with Gasteiger partial charge < -0.3 is 15.5 Å². The normalized spacial score (nSPS) is 15.6. The lowest BCUT2D eigenvalue weighted by atomic mass is 10.2. The van der Waals surface area contributed by atoms with Crippen LogP contribution in [0.4, 0.5) is 0 Å². The number of thioether (sulfide) groups is 1. The van der Waals surface area contributed by atoms with Crippen molar-refractivity contribution in [3.63, 3.8) is 0 Å². The monoisotopic (exact) mass is 522 g/mol. The molecule has 11 heteroatoms. The molecule has 0 bridgehead atoms. The Hall–Kier alpha value is -1.43. The molecule has 26 heavy (non-hydrogen) atoms. The van der Waals surface area contributed by atoms with Crippen LogP contribution >= 0.6 is 55.8 Å². The summed E-state index contributed by atoms with van der Waals surface area (Å²) in [6, 6.07) is 3.31. The standard InChI is InChI=1S/C15H12Br2N2O5S2/c16-8-3-7(13(23)9(17)5-8)4-10-14(24)19(15(25)26-10)6-11(20)18-2-1-12(21)22/h3-5,23H,1-2,6H2,(H,18,20)(H,21,22)/b10-4-. The van der Waals surface area contributed by atoms with Gasteiger partial charge in [0, 0.05) is 16.6 Å². The second kappa shape index (κ2) is 8.98. The third-order valence-electron chi connectivity index (χ3n) is 3.18. The first-order valence-electron chi connectivity index (χ1n) is 7.11. The second-order valence-electron chi connectivity index (χ2n) is 5.09. The molecule has 0 aliphatic carbocycles. The van der Waals surface area contributed by atoms with Crippen LogP contribution in [0.25, 0.3) is 6.08 Å². The van der Waals surface area contributed by atoms with E-state index in [9.17, 15) is 19.5 Å². The smallest absolute Gasteiger partial charge is 0.305 e. The molecule has 7 nitrogen and oxygen atoms in total. The Morgan fingerprint density at radius 1 is 1.35 bits per heavy atom. The number of aliphatic carboxylic acids is 1. The summed E-state index contributed by atoms with van der Waals surface area (Å²) in [6.45, 7) is -0.325.